The summed E-state index contributed by atoms with van der Waals surface area (Å²) in [7, 11) is 0. The fourth-order valence-electron chi connectivity index (χ4n) is 2.26. The van der Waals surface area contributed by atoms with E-state index in [0.717, 1.165) is 6.42 Å². The first-order valence-corrected chi connectivity index (χ1v) is 6.07. The Balaban J connectivity index is 2.34. The van der Waals surface area contributed by atoms with Crippen LogP contribution in [-0.4, -0.2) is 17.3 Å². The SMILES string of the molecule is CCCCC(=O)C1C(=O)c2cccc(N)c2C1=O. The summed E-state index contributed by atoms with van der Waals surface area (Å²) in [5, 5.41) is 0. The minimum absolute atomic E-state index is 0.220. The molecule has 2 N–H and O–H groups in total. The Hall–Kier alpha value is -1.97. The van der Waals surface area contributed by atoms with Gasteiger partial charge in [0, 0.05) is 17.7 Å². The average molecular weight is 245 g/mol. The van der Waals surface area contributed by atoms with Gasteiger partial charge in [-0.3, -0.25) is 14.4 Å². The second kappa shape index (κ2) is 4.72. The Morgan fingerprint density at radius 1 is 1.28 bits per heavy atom. The third-order valence-electron chi connectivity index (χ3n) is 3.23. The first-order chi connectivity index (χ1) is 8.57. The number of nitrogens with two attached hydrogens (primary N) is 1. The number of anilines is 1. The van der Waals surface area contributed by atoms with E-state index in [1.807, 2.05) is 6.92 Å². The molecule has 1 aromatic rings. The predicted molar refractivity (Wildman–Crippen MR) is 67.5 cm³/mol. The lowest BCUT2D eigenvalue weighted by Crippen LogP contribution is -2.25. The number of fused-ring (bicyclic) bond motifs is 1. The molecule has 0 heterocycles. The molecule has 0 saturated carbocycles. The van der Waals surface area contributed by atoms with E-state index in [4.69, 9.17) is 5.73 Å². The zero-order valence-corrected chi connectivity index (χ0v) is 10.2. The van der Waals surface area contributed by atoms with Gasteiger partial charge in [-0.25, -0.2) is 0 Å². The Labute approximate surface area is 105 Å². The summed E-state index contributed by atoms with van der Waals surface area (Å²) < 4.78 is 0. The molecule has 1 aliphatic carbocycles. The fourth-order valence-corrected chi connectivity index (χ4v) is 2.26. The summed E-state index contributed by atoms with van der Waals surface area (Å²) >= 11 is 0. The number of ketones is 3. The van der Waals surface area contributed by atoms with Gasteiger partial charge in [0.1, 0.15) is 5.92 Å². The van der Waals surface area contributed by atoms with Gasteiger partial charge in [-0.15, -0.1) is 0 Å². The Morgan fingerprint density at radius 3 is 2.61 bits per heavy atom. The molecule has 0 saturated heterocycles. The Morgan fingerprint density at radius 2 is 2.00 bits per heavy atom. The van der Waals surface area contributed by atoms with E-state index in [0.29, 0.717) is 6.42 Å². The number of Topliss-reactive ketones (excluding diaryl/α,β-unsaturated/α-hetero) is 3. The maximum Gasteiger partial charge on any atom is 0.183 e. The van der Waals surface area contributed by atoms with Gasteiger partial charge < -0.3 is 5.73 Å². The van der Waals surface area contributed by atoms with Crippen molar-refractivity contribution in [1.29, 1.82) is 0 Å². The summed E-state index contributed by atoms with van der Waals surface area (Å²) in [6, 6.07) is 4.75. The van der Waals surface area contributed by atoms with E-state index in [1.54, 1.807) is 18.2 Å². The molecule has 0 fully saturated rings. The largest absolute Gasteiger partial charge is 0.398 e. The van der Waals surface area contributed by atoms with Crippen molar-refractivity contribution in [3.05, 3.63) is 29.3 Å². The van der Waals surface area contributed by atoms with Crippen LogP contribution in [0.15, 0.2) is 18.2 Å². The number of carbonyl (C=O) groups excluding carboxylic acids is 3. The van der Waals surface area contributed by atoms with Gasteiger partial charge >= 0.3 is 0 Å². The van der Waals surface area contributed by atoms with Crippen molar-refractivity contribution >= 4 is 23.0 Å². The van der Waals surface area contributed by atoms with Crippen LogP contribution in [0.25, 0.3) is 0 Å². The minimum atomic E-state index is -1.16. The number of rotatable bonds is 4. The maximum atomic E-state index is 12.1. The van der Waals surface area contributed by atoms with Crippen molar-refractivity contribution in [2.75, 3.05) is 5.73 Å². The molecule has 0 bridgehead atoms. The standard InChI is InChI=1S/C14H15NO3/c1-2-3-7-10(16)12-13(17)8-5-4-6-9(15)11(8)14(12)18/h4-6,12H,2-3,7,15H2,1H3. The maximum absolute atomic E-state index is 12.1. The molecular formula is C14H15NO3. The molecule has 0 spiro atoms. The van der Waals surface area contributed by atoms with E-state index >= 15 is 0 Å². The summed E-state index contributed by atoms with van der Waals surface area (Å²) in [5.41, 5.74) is 6.48. The van der Waals surface area contributed by atoms with E-state index in [-0.39, 0.29) is 29.0 Å². The van der Waals surface area contributed by atoms with Crippen molar-refractivity contribution in [1.82, 2.24) is 0 Å². The summed E-state index contributed by atoms with van der Waals surface area (Å²) in [6.07, 6.45) is 1.82. The highest BCUT2D eigenvalue weighted by atomic mass is 16.2. The quantitative estimate of drug-likeness (QED) is 0.650. The number of benzene rings is 1. The lowest BCUT2D eigenvalue weighted by molar-refractivity contribution is -0.120. The first kappa shape index (κ1) is 12.5. The van der Waals surface area contributed by atoms with Crippen LogP contribution in [-0.2, 0) is 4.79 Å². The second-order valence-corrected chi connectivity index (χ2v) is 4.50. The number of carbonyl (C=O) groups is 3. The average Bonchev–Trinajstić information content (AvgIpc) is 2.60. The number of hydrogen-bond acceptors (Lipinski definition) is 4. The third-order valence-corrected chi connectivity index (χ3v) is 3.23. The summed E-state index contributed by atoms with van der Waals surface area (Å²) in [4.78, 5) is 36.1. The topological polar surface area (TPSA) is 77.2 Å². The Kier molecular flexibility index (Phi) is 3.28. The number of hydrogen-bond donors (Lipinski definition) is 1. The van der Waals surface area contributed by atoms with Crippen molar-refractivity contribution in [2.45, 2.75) is 26.2 Å². The van der Waals surface area contributed by atoms with Gasteiger partial charge in [-0.2, -0.15) is 0 Å². The molecule has 1 aromatic carbocycles. The van der Waals surface area contributed by atoms with Crippen molar-refractivity contribution < 1.29 is 14.4 Å². The molecule has 4 heteroatoms. The van der Waals surface area contributed by atoms with Crippen molar-refractivity contribution in [3.63, 3.8) is 0 Å². The molecule has 4 nitrogen and oxygen atoms in total. The van der Waals surface area contributed by atoms with Crippen molar-refractivity contribution in [2.24, 2.45) is 5.92 Å². The summed E-state index contributed by atoms with van der Waals surface area (Å²) in [6.45, 7) is 1.96. The van der Waals surface area contributed by atoms with Crippen LogP contribution >= 0.6 is 0 Å². The first-order valence-electron chi connectivity index (χ1n) is 6.07. The summed E-state index contributed by atoms with van der Waals surface area (Å²) in [5.74, 6) is -2.28. The van der Waals surface area contributed by atoms with Crippen LogP contribution in [0.1, 0.15) is 46.9 Å². The molecule has 1 aliphatic rings. The second-order valence-electron chi connectivity index (χ2n) is 4.50. The van der Waals surface area contributed by atoms with Gasteiger partial charge in [0.25, 0.3) is 0 Å². The van der Waals surface area contributed by atoms with Crippen LogP contribution in [0.4, 0.5) is 5.69 Å². The van der Waals surface area contributed by atoms with Crippen LogP contribution in [0.5, 0.6) is 0 Å². The highest BCUT2D eigenvalue weighted by Gasteiger charge is 2.43. The smallest absolute Gasteiger partial charge is 0.183 e. The zero-order valence-electron chi connectivity index (χ0n) is 10.2. The Bertz CT molecular complexity index is 534. The van der Waals surface area contributed by atoms with E-state index in [2.05, 4.69) is 0 Å². The highest BCUT2D eigenvalue weighted by Crippen LogP contribution is 2.32. The molecule has 0 radical (unpaired) electrons. The van der Waals surface area contributed by atoms with Gasteiger partial charge in [-0.1, -0.05) is 25.5 Å². The van der Waals surface area contributed by atoms with E-state index in [9.17, 15) is 14.4 Å². The van der Waals surface area contributed by atoms with Gasteiger partial charge in [0.2, 0.25) is 0 Å². The number of nitrogen functional groups attached to an aromatic ring is 1. The molecule has 0 aliphatic heterocycles. The molecular weight excluding hydrogens is 230 g/mol. The lowest BCUT2D eigenvalue weighted by atomic mass is 9.95. The van der Waals surface area contributed by atoms with Gasteiger partial charge in [0.15, 0.2) is 17.3 Å². The zero-order chi connectivity index (χ0) is 13.3. The van der Waals surface area contributed by atoms with Gasteiger partial charge in [0.05, 0.1) is 5.56 Å². The molecule has 2 rings (SSSR count). The molecule has 0 amide bonds. The highest BCUT2D eigenvalue weighted by molar-refractivity contribution is 6.36. The van der Waals surface area contributed by atoms with E-state index < -0.39 is 17.5 Å². The van der Waals surface area contributed by atoms with Crippen LogP contribution in [0.2, 0.25) is 0 Å². The molecule has 18 heavy (non-hydrogen) atoms. The monoisotopic (exact) mass is 245 g/mol. The minimum Gasteiger partial charge on any atom is -0.398 e. The van der Waals surface area contributed by atoms with Crippen LogP contribution in [0.3, 0.4) is 0 Å². The van der Waals surface area contributed by atoms with E-state index in [1.165, 1.54) is 0 Å². The normalized spacial score (nSPS) is 17.9. The van der Waals surface area contributed by atoms with Crippen LogP contribution in [0, 0.1) is 5.92 Å². The van der Waals surface area contributed by atoms with Crippen molar-refractivity contribution in [3.8, 4) is 0 Å². The molecule has 1 unspecified atom stereocenters. The number of unbranched alkanes of at least 4 members (excludes halogenated alkanes) is 1. The molecule has 0 aromatic heterocycles. The van der Waals surface area contributed by atoms with Crippen LogP contribution < -0.4 is 5.73 Å². The van der Waals surface area contributed by atoms with Gasteiger partial charge in [-0.05, 0) is 12.5 Å². The molecule has 1 atom stereocenters. The lowest BCUT2D eigenvalue weighted by Gasteiger charge is -2.04. The third kappa shape index (κ3) is 1.83. The fraction of sp³-hybridized carbons (Fsp3) is 0.357. The predicted octanol–water partition coefficient (Wildman–Crippen LogP) is 2.02. The molecule has 94 valence electrons.